The van der Waals surface area contributed by atoms with Gasteiger partial charge in [-0.2, -0.15) is 8.42 Å². The second kappa shape index (κ2) is 3.14. The molecule has 0 aromatic rings. The lowest BCUT2D eigenvalue weighted by atomic mass is 10.3. The Balaban J connectivity index is 3.53. The number of nitrogens with two attached hydrogens (primary N) is 1. The fourth-order valence-corrected chi connectivity index (χ4v) is 1.00. The van der Waals surface area contributed by atoms with E-state index in [4.69, 9.17) is 10.3 Å². The zero-order chi connectivity index (χ0) is 7.49. The molecule has 0 radical (unpaired) electrons. The highest BCUT2D eigenvalue weighted by Crippen LogP contribution is 1.90. The molecule has 0 rings (SSSR count). The summed E-state index contributed by atoms with van der Waals surface area (Å²) in [6.45, 7) is 1.69. The van der Waals surface area contributed by atoms with Gasteiger partial charge in [-0.05, 0) is 13.3 Å². The van der Waals surface area contributed by atoms with Crippen molar-refractivity contribution in [3.05, 3.63) is 0 Å². The van der Waals surface area contributed by atoms with E-state index in [1.54, 1.807) is 6.92 Å². The molecule has 0 amide bonds. The summed E-state index contributed by atoms with van der Waals surface area (Å²) in [5, 5.41) is 0. The molecule has 0 spiro atoms. The molecule has 9 heavy (non-hydrogen) atoms. The van der Waals surface area contributed by atoms with Crippen molar-refractivity contribution in [3.8, 4) is 0 Å². The smallest absolute Gasteiger partial charge is 0.264 e. The Bertz CT molecular complexity index is 161. The molecule has 0 aliphatic heterocycles. The van der Waals surface area contributed by atoms with Crippen LogP contribution < -0.4 is 5.73 Å². The maximum Gasteiger partial charge on any atom is 0.264 e. The van der Waals surface area contributed by atoms with E-state index in [-0.39, 0.29) is 11.8 Å². The first-order valence-electron chi connectivity index (χ1n) is 2.62. The van der Waals surface area contributed by atoms with Crippen LogP contribution in [-0.2, 0) is 10.1 Å². The van der Waals surface area contributed by atoms with E-state index < -0.39 is 10.1 Å². The van der Waals surface area contributed by atoms with Gasteiger partial charge in [-0.3, -0.25) is 4.55 Å². The van der Waals surface area contributed by atoms with E-state index >= 15 is 0 Å². The lowest BCUT2D eigenvalue weighted by Gasteiger charge is -2.00. The summed E-state index contributed by atoms with van der Waals surface area (Å²) in [5.41, 5.74) is 5.22. The van der Waals surface area contributed by atoms with Crippen LogP contribution in [0, 0.1) is 0 Å². The van der Waals surface area contributed by atoms with Crippen molar-refractivity contribution in [2.45, 2.75) is 19.4 Å². The molecule has 0 aromatic heterocycles. The third-order valence-electron chi connectivity index (χ3n) is 0.831. The van der Waals surface area contributed by atoms with Crippen LogP contribution in [0.1, 0.15) is 13.3 Å². The first-order chi connectivity index (χ1) is 3.92. The molecule has 0 fully saturated rings. The zero-order valence-electron chi connectivity index (χ0n) is 5.24. The molecule has 4 nitrogen and oxygen atoms in total. The van der Waals surface area contributed by atoms with Crippen molar-refractivity contribution < 1.29 is 13.0 Å². The normalized spacial score (nSPS) is 15.4. The average Bonchev–Trinajstić information content (AvgIpc) is 1.59. The summed E-state index contributed by atoms with van der Waals surface area (Å²) < 4.78 is 28.3. The third-order valence-corrected chi connectivity index (χ3v) is 1.58. The third kappa shape index (κ3) is 7.87. The minimum Gasteiger partial charge on any atom is -0.328 e. The molecule has 0 heterocycles. The molecule has 0 aliphatic rings. The second-order valence-electron chi connectivity index (χ2n) is 2.05. The monoisotopic (exact) mass is 153 g/mol. The molecule has 0 saturated carbocycles. The van der Waals surface area contributed by atoms with Crippen LogP contribution in [0.2, 0.25) is 0 Å². The summed E-state index contributed by atoms with van der Waals surface area (Å²) in [6, 6.07) is -0.174. The minimum absolute atomic E-state index is 0.174. The second-order valence-corrected chi connectivity index (χ2v) is 3.62. The van der Waals surface area contributed by atoms with Crippen molar-refractivity contribution in [2.75, 3.05) is 5.75 Å². The van der Waals surface area contributed by atoms with Gasteiger partial charge >= 0.3 is 0 Å². The highest BCUT2D eigenvalue weighted by atomic mass is 32.2. The molecular formula is C4H11NO3S. The van der Waals surface area contributed by atoms with Crippen molar-refractivity contribution in [1.29, 1.82) is 0 Å². The number of hydrogen-bond acceptors (Lipinski definition) is 3. The molecule has 3 N–H and O–H groups in total. The number of hydrogen-bond donors (Lipinski definition) is 2. The summed E-state index contributed by atoms with van der Waals surface area (Å²) in [6.07, 6.45) is 0.304. The van der Waals surface area contributed by atoms with E-state index in [0.29, 0.717) is 6.42 Å². The SMILES string of the molecule is C[C@@H](N)CCS(=O)(=O)O. The van der Waals surface area contributed by atoms with Gasteiger partial charge in [-0.1, -0.05) is 0 Å². The van der Waals surface area contributed by atoms with Gasteiger partial charge in [0.25, 0.3) is 10.1 Å². The van der Waals surface area contributed by atoms with Crippen LogP contribution in [-0.4, -0.2) is 24.8 Å². The van der Waals surface area contributed by atoms with Crippen LogP contribution in [0.5, 0.6) is 0 Å². The quantitative estimate of drug-likeness (QED) is 0.541. The van der Waals surface area contributed by atoms with Crippen molar-refractivity contribution in [3.63, 3.8) is 0 Å². The van der Waals surface area contributed by atoms with Crippen LogP contribution in [0.3, 0.4) is 0 Å². The van der Waals surface area contributed by atoms with Gasteiger partial charge in [-0.15, -0.1) is 0 Å². The van der Waals surface area contributed by atoms with Crippen molar-refractivity contribution in [1.82, 2.24) is 0 Å². The van der Waals surface area contributed by atoms with E-state index in [2.05, 4.69) is 0 Å². The maximum absolute atomic E-state index is 10.0. The Hall–Kier alpha value is -0.130. The Morgan fingerprint density at radius 1 is 1.67 bits per heavy atom. The molecule has 0 aromatic carbocycles. The van der Waals surface area contributed by atoms with Gasteiger partial charge in [-0.25, -0.2) is 0 Å². The van der Waals surface area contributed by atoms with Crippen LogP contribution >= 0.6 is 0 Å². The van der Waals surface area contributed by atoms with Gasteiger partial charge in [0.05, 0.1) is 5.75 Å². The van der Waals surface area contributed by atoms with Crippen LogP contribution in [0.4, 0.5) is 0 Å². The molecule has 56 valence electrons. The Kier molecular flexibility index (Phi) is 3.10. The molecule has 0 aliphatic carbocycles. The minimum atomic E-state index is -3.80. The molecular weight excluding hydrogens is 142 g/mol. The number of rotatable bonds is 3. The molecule has 0 saturated heterocycles. The summed E-state index contributed by atoms with van der Waals surface area (Å²) in [4.78, 5) is 0. The van der Waals surface area contributed by atoms with Gasteiger partial charge < -0.3 is 5.73 Å². The van der Waals surface area contributed by atoms with Crippen molar-refractivity contribution in [2.24, 2.45) is 5.73 Å². The Morgan fingerprint density at radius 2 is 2.11 bits per heavy atom. The highest BCUT2D eigenvalue weighted by Gasteiger charge is 2.04. The molecule has 5 heteroatoms. The van der Waals surface area contributed by atoms with Gasteiger partial charge in [0.15, 0.2) is 0 Å². The van der Waals surface area contributed by atoms with Gasteiger partial charge in [0.2, 0.25) is 0 Å². The highest BCUT2D eigenvalue weighted by molar-refractivity contribution is 7.85. The van der Waals surface area contributed by atoms with Crippen molar-refractivity contribution >= 4 is 10.1 Å². The Morgan fingerprint density at radius 3 is 2.22 bits per heavy atom. The predicted octanol–water partition coefficient (Wildman–Crippen LogP) is -0.388. The predicted molar refractivity (Wildman–Crippen MR) is 34.7 cm³/mol. The molecule has 0 unspecified atom stereocenters. The zero-order valence-corrected chi connectivity index (χ0v) is 6.06. The Labute approximate surface area is 54.8 Å². The van der Waals surface area contributed by atoms with E-state index in [1.165, 1.54) is 0 Å². The summed E-state index contributed by atoms with van der Waals surface area (Å²) in [5.74, 6) is -0.245. The summed E-state index contributed by atoms with van der Waals surface area (Å²) in [7, 11) is -3.80. The van der Waals surface area contributed by atoms with E-state index in [9.17, 15) is 8.42 Å². The molecule has 0 bridgehead atoms. The average molecular weight is 153 g/mol. The topological polar surface area (TPSA) is 80.4 Å². The first kappa shape index (κ1) is 8.87. The first-order valence-corrected chi connectivity index (χ1v) is 4.23. The fourth-order valence-electron chi connectivity index (χ4n) is 0.335. The summed E-state index contributed by atoms with van der Waals surface area (Å²) >= 11 is 0. The van der Waals surface area contributed by atoms with E-state index in [0.717, 1.165) is 0 Å². The lowest BCUT2D eigenvalue weighted by molar-refractivity contribution is 0.478. The van der Waals surface area contributed by atoms with Gasteiger partial charge in [0.1, 0.15) is 0 Å². The molecule has 1 atom stereocenters. The maximum atomic E-state index is 10.0. The fraction of sp³-hybridized carbons (Fsp3) is 1.00. The van der Waals surface area contributed by atoms with Crippen LogP contribution in [0.25, 0.3) is 0 Å². The standard InChI is InChI=1S/C4H11NO3S/c1-4(5)2-3-9(6,7)8/h4H,2-3,5H2,1H3,(H,6,7,8)/t4-/m1/s1. The van der Waals surface area contributed by atoms with Crippen LogP contribution in [0.15, 0.2) is 0 Å². The van der Waals surface area contributed by atoms with E-state index in [1.807, 2.05) is 0 Å². The largest absolute Gasteiger partial charge is 0.328 e. The van der Waals surface area contributed by atoms with Gasteiger partial charge in [0, 0.05) is 6.04 Å². The lowest BCUT2D eigenvalue weighted by Crippen LogP contribution is -2.19.